The van der Waals surface area contributed by atoms with E-state index in [-0.39, 0.29) is 30.6 Å². The van der Waals surface area contributed by atoms with Crippen LogP contribution in [0.5, 0.6) is 0 Å². The molecule has 0 spiro atoms. The number of hydrogen-bond donors (Lipinski definition) is 2. The third-order valence-corrected chi connectivity index (χ3v) is 2.38. The predicted octanol–water partition coefficient (Wildman–Crippen LogP) is 2.23. The van der Waals surface area contributed by atoms with E-state index >= 15 is 0 Å². The van der Waals surface area contributed by atoms with Crippen molar-refractivity contribution < 1.29 is 39.3 Å². The fraction of sp³-hybridized carbons (Fsp3) is 0. The summed E-state index contributed by atoms with van der Waals surface area (Å²) in [5.41, 5.74) is 0.223. The molecule has 0 heterocycles. The second-order valence-electron chi connectivity index (χ2n) is 3.32. The minimum Gasteiger partial charge on any atom is -0.478 e. The number of fused-ring (bicyclic) bond motifs is 1. The molecule has 17 heavy (non-hydrogen) atoms. The minimum atomic E-state index is -1.06. The Hall–Kier alpha value is -1.74. The van der Waals surface area contributed by atoms with Crippen LogP contribution in [-0.4, -0.2) is 22.2 Å². The van der Waals surface area contributed by atoms with Gasteiger partial charge in [-0.2, -0.15) is 0 Å². The molecule has 0 unspecified atom stereocenters. The summed E-state index contributed by atoms with van der Waals surface area (Å²) in [5, 5.41) is 18.8. The molecule has 2 aromatic rings. The number of benzene rings is 2. The van der Waals surface area contributed by atoms with Gasteiger partial charge in [0.1, 0.15) is 0 Å². The van der Waals surface area contributed by atoms with E-state index in [2.05, 4.69) is 0 Å². The van der Waals surface area contributed by atoms with Gasteiger partial charge in [0.15, 0.2) is 0 Å². The van der Waals surface area contributed by atoms with E-state index in [1.54, 1.807) is 24.3 Å². The first-order valence-electron chi connectivity index (χ1n) is 4.59. The summed E-state index contributed by atoms with van der Waals surface area (Å²) in [4.78, 5) is 21.9. The summed E-state index contributed by atoms with van der Waals surface area (Å²) in [7, 11) is 0. The molecule has 2 rings (SSSR count). The van der Waals surface area contributed by atoms with Crippen molar-refractivity contribution in [2.45, 2.75) is 0 Å². The number of carboxylic acid groups (broad SMARTS) is 2. The van der Waals surface area contributed by atoms with Crippen LogP contribution in [0.1, 0.15) is 20.7 Å². The van der Waals surface area contributed by atoms with Gasteiger partial charge in [0, 0.05) is 19.5 Å². The van der Waals surface area contributed by atoms with Gasteiger partial charge in [-0.05, 0) is 22.9 Å². The van der Waals surface area contributed by atoms with Gasteiger partial charge >= 0.3 is 11.9 Å². The number of rotatable bonds is 2. The summed E-state index contributed by atoms with van der Waals surface area (Å²) >= 11 is 0. The zero-order chi connectivity index (χ0) is 11.7. The van der Waals surface area contributed by atoms with Gasteiger partial charge in [0.2, 0.25) is 0 Å². The number of hydrogen-bond acceptors (Lipinski definition) is 2. The molecular formula is C12H8O4Zn. The smallest absolute Gasteiger partial charge is 0.336 e. The molecule has 82 valence electrons. The fourth-order valence-electron chi connectivity index (χ4n) is 1.67. The van der Waals surface area contributed by atoms with Gasteiger partial charge in [-0.25, -0.2) is 9.59 Å². The van der Waals surface area contributed by atoms with Crippen molar-refractivity contribution in [2.24, 2.45) is 0 Å². The van der Waals surface area contributed by atoms with Crippen LogP contribution in [0.15, 0.2) is 36.4 Å². The molecule has 0 aliphatic heterocycles. The molecule has 0 radical (unpaired) electrons. The third-order valence-electron chi connectivity index (χ3n) is 2.38. The van der Waals surface area contributed by atoms with E-state index in [1.807, 2.05) is 0 Å². The van der Waals surface area contributed by atoms with Crippen molar-refractivity contribution in [1.82, 2.24) is 0 Å². The van der Waals surface area contributed by atoms with Gasteiger partial charge in [0.05, 0.1) is 11.1 Å². The van der Waals surface area contributed by atoms with Crippen LogP contribution < -0.4 is 0 Å². The molecule has 4 nitrogen and oxygen atoms in total. The van der Waals surface area contributed by atoms with E-state index in [0.29, 0.717) is 10.8 Å². The normalized spacial score (nSPS) is 9.65. The monoisotopic (exact) mass is 280 g/mol. The zero-order valence-corrected chi connectivity index (χ0v) is 11.8. The average Bonchev–Trinajstić information content (AvgIpc) is 2.27. The number of carboxylic acids is 2. The van der Waals surface area contributed by atoms with Crippen LogP contribution >= 0.6 is 0 Å². The Labute approximate surface area is 110 Å². The third kappa shape index (κ3) is 2.34. The van der Waals surface area contributed by atoms with Crippen molar-refractivity contribution >= 4 is 22.7 Å². The molecule has 0 saturated carbocycles. The molecule has 0 fully saturated rings. The second kappa shape index (κ2) is 5.06. The van der Waals surface area contributed by atoms with Gasteiger partial charge in [-0.1, -0.05) is 24.3 Å². The largest absolute Gasteiger partial charge is 0.478 e. The Balaban J connectivity index is 0.00000144. The molecule has 2 N–H and O–H groups in total. The molecule has 0 saturated heterocycles. The van der Waals surface area contributed by atoms with Gasteiger partial charge in [-0.3, -0.25) is 0 Å². The Morgan fingerprint density at radius 1 is 0.765 bits per heavy atom. The maximum absolute atomic E-state index is 10.9. The number of carbonyl (C=O) groups is 2. The van der Waals surface area contributed by atoms with E-state index in [0.717, 1.165) is 0 Å². The first-order chi connectivity index (χ1) is 7.61. The Morgan fingerprint density at radius 2 is 1.12 bits per heavy atom. The number of aromatic carboxylic acids is 2. The van der Waals surface area contributed by atoms with Crippen molar-refractivity contribution in [3.05, 3.63) is 47.5 Å². The molecule has 2 aromatic carbocycles. The second-order valence-corrected chi connectivity index (χ2v) is 3.32. The van der Waals surface area contributed by atoms with Crippen LogP contribution in [0, 0.1) is 0 Å². The van der Waals surface area contributed by atoms with Gasteiger partial charge in [0.25, 0.3) is 0 Å². The van der Waals surface area contributed by atoms with Gasteiger partial charge < -0.3 is 10.2 Å². The molecule has 0 aromatic heterocycles. The van der Waals surface area contributed by atoms with E-state index in [9.17, 15) is 9.59 Å². The molecule has 0 amide bonds. The molecule has 0 atom stereocenters. The molecule has 5 heteroatoms. The quantitative estimate of drug-likeness (QED) is 0.828. The summed E-state index contributed by atoms with van der Waals surface area (Å²) in [6, 6.07) is 9.19. The van der Waals surface area contributed by atoms with E-state index in [1.165, 1.54) is 12.1 Å². The van der Waals surface area contributed by atoms with Gasteiger partial charge in [-0.15, -0.1) is 0 Å². The maximum atomic E-state index is 10.9. The van der Waals surface area contributed by atoms with E-state index in [4.69, 9.17) is 10.2 Å². The summed E-state index contributed by atoms with van der Waals surface area (Å²) < 4.78 is 0. The first-order valence-corrected chi connectivity index (χ1v) is 4.59. The Bertz CT molecular complexity index is 540. The van der Waals surface area contributed by atoms with Crippen LogP contribution in [0.25, 0.3) is 10.8 Å². The fourth-order valence-corrected chi connectivity index (χ4v) is 1.67. The van der Waals surface area contributed by atoms with Crippen LogP contribution in [0.4, 0.5) is 0 Å². The predicted molar refractivity (Wildman–Crippen MR) is 57.9 cm³/mol. The average molecular weight is 282 g/mol. The van der Waals surface area contributed by atoms with Crippen molar-refractivity contribution in [3.63, 3.8) is 0 Å². The summed E-state index contributed by atoms with van der Waals surface area (Å²) in [6.45, 7) is 0. The summed E-state index contributed by atoms with van der Waals surface area (Å²) in [5.74, 6) is -2.12. The minimum absolute atomic E-state index is 0. The van der Waals surface area contributed by atoms with Crippen molar-refractivity contribution in [1.29, 1.82) is 0 Å². The zero-order valence-electron chi connectivity index (χ0n) is 8.88. The maximum Gasteiger partial charge on any atom is 0.336 e. The summed E-state index contributed by atoms with van der Waals surface area (Å²) in [6.07, 6.45) is 0. The molecule has 0 bridgehead atoms. The molecule has 0 aliphatic rings. The Kier molecular flexibility index (Phi) is 3.97. The molecular weight excluding hydrogens is 274 g/mol. The molecule has 0 aliphatic carbocycles. The first kappa shape index (κ1) is 13.3. The van der Waals surface area contributed by atoms with Crippen LogP contribution in [0.3, 0.4) is 0 Å². The van der Waals surface area contributed by atoms with Crippen molar-refractivity contribution in [2.75, 3.05) is 0 Å². The Morgan fingerprint density at radius 3 is 1.41 bits per heavy atom. The van der Waals surface area contributed by atoms with Crippen molar-refractivity contribution in [3.8, 4) is 0 Å². The van der Waals surface area contributed by atoms with Crippen LogP contribution in [-0.2, 0) is 19.5 Å². The standard InChI is InChI=1S/C12H8O4.Zn/c13-11(14)9-5-6-10(12(15)16)8-4-2-1-3-7(8)9;/h1-6H,(H,13,14)(H,15,16);. The topological polar surface area (TPSA) is 74.6 Å². The van der Waals surface area contributed by atoms with E-state index < -0.39 is 11.9 Å². The SMILES string of the molecule is O=C(O)c1ccc(C(=O)O)c2ccccc12.[Zn]. The van der Waals surface area contributed by atoms with Crippen LogP contribution in [0.2, 0.25) is 0 Å².